The molecule has 1 atom stereocenters. The fraction of sp³-hybridized carbons (Fsp3) is 0.333. The molecule has 2 N–H and O–H groups in total. The SMILES string of the molecule is COc1ccc(S(=O)(=O)NC(C)CC#N)cc1C(=O)O. The van der Waals surface area contributed by atoms with Crippen molar-refractivity contribution in [1.29, 1.82) is 5.26 Å². The maximum Gasteiger partial charge on any atom is 0.339 e. The van der Waals surface area contributed by atoms with Crippen LogP contribution in [0.5, 0.6) is 5.75 Å². The maximum atomic E-state index is 12.0. The highest BCUT2D eigenvalue weighted by Gasteiger charge is 2.21. The predicted molar refractivity (Wildman–Crippen MR) is 70.0 cm³/mol. The van der Waals surface area contributed by atoms with Gasteiger partial charge in [0.25, 0.3) is 0 Å². The molecule has 1 aromatic carbocycles. The summed E-state index contributed by atoms with van der Waals surface area (Å²) in [4.78, 5) is 10.9. The van der Waals surface area contributed by atoms with E-state index in [0.717, 1.165) is 6.07 Å². The number of nitrogens with one attached hydrogen (secondary N) is 1. The Morgan fingerprint density at radius 1 is 1.55 bits per heavy atom. The van der Waals surface area contributed by atoms with Crippen LogP contribution >= 0.6 is 0 Å². The summed E-state index contributed by atoms with van der Waals surface area (Å²) in [5, 5.41) is 17.5. The van der Waals surface area contributed by atoms with E-state index >= 15 is 0 Å². The summed E-state index contributed by atoms with van der Waals surface area (Å²) in [6.07, 6.45) is 0.0151. The number of methoxy groups -OCH3 is 1. The van der Waals surface area contributed by atoms with Gasteiger partial charge in [0.2, 0.25) is 10.0 Å². The van der Waals surface area contributed by atoms with E-state index in [2.05, 4.69) is 4.72 Å². The number of carboxylic acids is 1. The molecule has 0 spiro atoms. The molecule has 0 aliphatic rings. The van der Waals surface area contributed by atoms with Crippen LogP contribution in [0.15, 0.2) is 23.1 Å². The molecule has 0 radical (unpaired) electrons. The minimum Gasteiger partial charge on any atom is -0.496 e. The van der Waals surface area contributed by atoms with Crippen molar-refractivity contribution in [2.75, 3.05) is 7.11 Å². The van der Waals surface area contributed by atoms with Crippen LogP contribution < -0.4 is 9.46 Å². The van der Waals surface area contributed by atoms with E-state index in [9.17, 15) is 13.2 Å². The zero-order valence-electron chi connectivity index (χ0n) is 11.0. The Morgan fingerprint density at radius 3 is 2.70 bits per heavy atom. The van der Waals surface area contributed by atoms with Crippen LogP contribution in [-0.4, -0.2) is 32.6 Å². The number of nitriles is 1. The van der Waals surface area contributed by atoms with Gasteiger partial charge in [0.15, 0.2) is 0 Å². The largest absolute Gasteiger partial charge is 0.496 e. The van der Waals surface area contributed by atoms with E-state index in [1.807, 2.05) is 6.07 Å². The molecule has 20 heavy (non-hydrogen) atoms. The number of aromatic carboxylic acids is 1. The standard InChI is InChI=1S/C12H14N2O5S/c1-8(5-6-13)14-20(17,18)9-3-4-11(19-2)10(7-9)12(15)16/h3-4,7-8,14H,5H2,1-2H3,(H,15,16). The lowest BCUT2D eigenvalue weighted by Crippen LogP contribution is -2.32. The quantitative estimate of drug-likeness (QED) is 0.808. The number of sulfonamides is 1. The Labute approximate surface area is 116 Å². The topological polar surface area (TPSA) is 116 Å². The van der Waals surface area contributed by atoms with Crippen molar-refractivity contribution in [3.63, 3.8) is 0 Å². The highest BCUT2D eigenvalue weighted by atomic mass is 32.2. The fourth-order valence-electron chi connectivity index (χ4n) is 1.53. The van der Waals surface area contributed by atoms with Gasteiger partial charge in [-0.1, -0.05) is 0 Å². The average molecular weight is 298 g/mol. The highest BCUT2D eigenvalue weighted by Crippen LogP contribution is 2.22. The van der Waals surface area contributed by atoms with E-state index < -0.39 is 22.0 Å². The molecule has 0 saturated heterocycles. The average Bonchev–Trinajstić information content (AvgIpc) is 2.37. The second-order valence-corrected chi connectivity index (χ2v) is 5.77. The van der Waals surface area contributed by atoms with Crippen LogP contribution in [0.2, 0.25) is 0 Å². The molecule has 0 aliphatic heterocycles. The molecule has 0 bridgehead atoms. The maximum absolute atomic E-state index is 12.0. The number of nitrogens with zero attached hydrogens (tertiary/aromatic N) is 1. The fourth-order valence-corrected chi connectivity index (χ4v) is 2.80. The van der Waals surface area contributed by atoms with E-state index in [1.165, 1.54) is 19.2 Å². The minimum absolute atomic E-state index is 0.0151. The molecular formula is C12H14N2O5S. The molecule has 1 rings (SSSR count). The summed E-state index contributed by atoms with van der Waals surface area (Å²) in [5.41, 5.74) is -0.247. The van der Waals surface area contributed by atoms with Crippen molar-refractivity contribution >= 4 is 16.0 Å². The van der Waals surface area contributed by atoms with E-state index in [0.29, 0.717) is 0 Å². The molecule has 7 nitrogen and oxygen atoms in total. The Balaban J connectivity index is 3.17. The van der Waals surface area contributed by atoms with Gasteiger partial charge in [-0.3, -0.25) is 0 Å². The third-order valence-corrected chi connectivity index (χ3v) is 4.05. The van der Waals surface area contributed by atoms with Crippen LogP contribution in [-0.2, 0) is 10.0 Å². The molecule has 1 unspecified atom stereocenters. The van der Waals surface area contributed by atoms with Gasteiger partial charge in [-0.15, -0.1) is 0 Å². The molecule has 0 aromatic heterocycles. The van der Waals surface area contributed by atoms with Gasteiger partial charge in [-0.2, -0.15) is 5.26 Å². The lowest BCUT2D eigenvalue weighted by atomic mass is 10.2. The second-order valence-electron chi connectivity index (χ2n) is 4.05. The molecule has 8 heteroatoms. The Hall–Kier alpha value is -2.11. The van der Waals surface area contributed by atoms with Crippen molar-refractivity contribution < 1.29 is 23.1 Å². The summed E-state index contributed by atoms with van der Waals surface area (Å²) in [6.45, 7) is 1.54. The first kappa shape index (κ1) is 15.9. The first-order chi connectivity index (χ1) is 9.31. The summed E-state index contributed by atoms with van der Waals surface area (Å²) in [6, 6.07) is 4.81. The lowest BCUT2D eigenvalue weighted by Gasteiger charge is -2.12. The van der Waals surface area contributed by atoms with Gasteiger partial charge in [0, 0.05) is 6.04 Å². The summed E-state index contributed by atoms with van der Waals surface area (Å²) in [7, 11) is -2.59. The second kappa shape index (κ2) is 6.36. The monoisotopic (exact) mass is 298 g/mol. The third kappa shape index (κ3) is 3.69. The van der Waals surface area contributed by atoms with Crippen LogP contribution in [0, 0.1) is 11.3 Å². The highest BCUT2D eigenvalue weighted by molar-refractivity contribution is 7.89. The normalized spacial score (nSPS) is 12.4. The van der Waals surface area contributed by atoms with Gasteiger partial charge >= 0.3 is 5.97 Å². The van der Waals surface area contributed by atoms with Gasteiger partial charge < -0.3 is 9.84 Å². The van der Waals surface area contributed by atoms with Crippen molar-refractivity contribution in [2.45, 2.75) is 24.3 Å². The zero-order chi connectivity index (χ0) is 15.3. The lowest BCUT2D eigenvalue weighted by molar-refractivity contribution is 0.0693. The zero-order valence-corrected chi connectivity index (χ0v) is 11.8. The molecule has 1 aromatic rings. The van der Waals surface area contributed by atoms with E-state index in [1.54, 1.807) is 6.92 Å². The molecule has 0 aliphatic carbocycles. The summed E-state index contributed by atoms with van der Waals surface area (Å²) in [5.74, 6) is -1.22. The molecule has 0 saturated carbocycles. The molecule has 0 amide bonds. The number of benzene rings is 1. The first-order valence-corrected chi connectivity index (χ1v) is 7.10. The summed E-state index contributed by atoms with van der Waals surface area (Å²) < 4.78 is 31.2. The van der Waals surface area contributed by atoms with E-state index in [-0.39, 0.29) is 22.6 Å². The number of rotatable bonds is 6. The van der Waals surface area contributed by atoms with Crippen LogP contribution in [0.3, 0.4) is 0 Å². The molecule has 0 fully saturated rings. The van der Waals surface area contributed by atoms with E-state index in [4.69, 9.17) is 15.1 Å². The van der Waals surface area contributed by atoms with Gasteiger partial charge in [0.1, 0.15) is 11.3 Å². The summed E-state index contributed by atoms with van der Waals surface area (Å²) >= 11 is 0. The predicted octanol–water partition coefficient (Wildman–Crippen LogP) is 0.974. The van der Waals surface area contributed by atoms with Crippen molar-refractivity contribution in [3.05, 3.63) is 23.8 Å². The van der Waals surface area contributed by atoms with Crippen molar-refractivity contribution in [1.82, 2.24) is 4.72 Å². The van der Waals surface area contributed by atoms with Crippen molar-refractivity contribution in [3.8, 4) is 11.8 Å². The molecule has 108 valence electrons. The Bertz CT molecular complexity index is 648. The number of hydrogen-bond donors (Lipinski definition) is 2. The van der Waals surface area contributed by atoms with Gasteiger partial charge in [-0.25, -0.2) is 17.9 Å². The van der Waals surface area contributed by atoms with Crippen LogP contribution in [0.4, 0.5) is 0 Å². The van der Waals surface area contributed by atoms with Gasteiger partial charge in [0.05, 0.1) is 24.5 Å². The number of carbonyl (C=O) groups is 1. The number of hydrogen-bond acceptors (Lipinski definition) is 5. The Morgan fingerprint density at radius 2 is 2.20 bits per heavy atom. The third-order valence-electron chi connectivity index (χ3n) is 2.47. The Kier molecular flexibility index (Phi) is 5.07. The van der Waals surface area contributed by atoms with Crippen LogP contribution in [0.1, 0.15) is 23.7 Å². The first-order valence-electron chi connectivity index (χ1n) is 5.62. The molecular weight excluding hydrogens is 284 g/mol. The van der Waals surface area contributed by atoms with Crippen LogP contribution in [0.25, 0.3) is 0 Å². The number of ether oxygens (including phenoxy) is 1. The number of carboxylic acid groups (broad SMARTS) is 1. The molecule has 0 heterocycles. The van der Waals surface area contributed by atoms with Gasteiger partial charge in [-0.05, 0) is 25.1 Å². The van der Waals surface area contributed by atoms with Crippen molar-refractivity contribution in [2.24, 2.45) is 0 Å². The minimum atomic E-state index is -3.88. The smallest absolute Gasteiger partial charge is 0.339 e.